The number of fused-ring (bicyclic) bond motifs is 3. The monoisotopic (exact) mass is 356 g/mol. The van der Waals surface area contributed by atoms with Crippen molar-refractivity contribution in [2.75, 3.05) is 6.54 Å². The van der Waals surface area contributed by atoms with Crippen molar-refractivity contribution in [2.45, 2.75) is 38.6 Å². The quantitative estimate of drug-likeness (QED) is 0.621. The molecule has 0 fully saturated rings. The van der Waals surface area contributed by atoms with Gasteiger partial charge in [-0.05, 0) is 53.4 Å². The summed E-state index contributed by atoms with van der Waals surface area (Å²) in [5.41, 5.74) is 7.20. The molecular weight excluding hydrogens is 328 g/mol. The zero-order valence-corrected chi connectivity index (χ0v) is 16.2. The molecule has 0 radical (unpaired) electrons. The smallest absolute Gasteiger partial charge is 0.0459 e. The summed E-state index contributed by atoms with van der Waals surface area (Å²) in [6.07, 6.45) is 4.67. The zero-order valence-electron chi connectivity index (χ0n) is 16.2. The molecule has 4 unspecified atom stereocenters. The number of aromatic nitrogens is 1. The number of H-pyrrole nitrogens is 1. The number of hydrogen-bond acceptors (Lipinski definition) is 1. The highest BCUT2D eigenvalue weighted by Crippen LogP contribution is 2.44. The fourth-order valence-electron chi connectivity index (χ4n) is 5.31. The Morgan fingerprint density at radius 3 is 2.52 bits per heavy atom. The topological polar surface area (TPSA) is 27.8 Å². The summed E-state index contributed by atoms with van der Waals surface area (Å²) in [6.45, 7) is 5.83. The van der Waals surface area contributed by atoms with Gasteiger partial charge in [0.15, 0.2) is 0 Å². The van der Waals surface area contributed by atoms with Crippen LogP contribution in [0.1, 0.15) is 43.0 Å². The fraction of sp³-hybridized carbons (Fsp3) is 0.360. The molecule has 0 amide bonds. The van der Waals surface area contributed by atoms with E-state index in [1.807, 2.05) is 0 Å². The number of aromatic amines is 1. The summed E-state index contributed by atoms with van der Waals surface area (Å²) in [5, 5.41) is 5.25. The molecular formula is C25H28N2. The van der Waals surface area contributed by atoms with E-state index in [1.165, 1.54) is 34.2 Å². The third kappa shape index (κ3) is 2.83. The van der Waals surface area contributed by atoms with Crippen LogP contribution in [0.4, 0.5) is 0 Å². The van der Waals surface area contributed by atoms with Crippen molar-refractivity contribution in [2.24, 2.45) is 11.8 Å². The van der Waals surface area contributed by atoms with Gasteiger partial charge < -0.3 is 10.3 Å². The molecule has 138 valence electrons. The SMILES string of the molecule is CC1c2[nH]c3ccccc3c2CC(C2CC(c3ccccc3)=CCN2)C1C. The Balaban J connectivity index is 1.46. The predicted octanol–water partition coefficient (Wildman–Crippen LogP) is 5.53. The van der Waals surface area contributed by atoms with Crippen LogP contribution in [-0.2, 0) is 6.42 Å². The first-order valence-electron chi connectivity index (χ1n) is 10.3. The van der Waals surface area contributed by atoms with Gasteiger partial charge in [0, 0.05) is 29.2 Å². The highest BCUT2D eigenvalue weighted by Gasteiger charge is 2.38. The van der Waals surface area contributed by atoms with E-state index < -0.39 is 0 Å². The van der Waals surface area contributed by atoms with Crippen molar-refractivity contribution in [3.05, 3.63) is 77.5 Å². The van der Waals surface area contributed by atoms with Crippen LogP contribution in [0.2, 0.25) is 0 Å². The second-order valence-corrected chi connectivity index (χ2v) is 8.39. The van der Waals surface area contributed by atoms with Gasteiger partial charge >= 0.3 is 0 Å². The van der Waals surface area contributed by atoms with Crippen LogP contribution in [0.5, 0.6) is 0 Å². The minimum absolute atomic E-state index is 0.546. The molecule has 2 heteroatoms. The predicted molar refractivity (Wildman–Crippen MR) is 114 cm³/mol. The second-order valence-electron chi connectivity index (χ2n) is 8.39. The molecule has 1 aliphatic heterocycles. The van der Waals surface area contributed by atoms with Crippen LogP contribution in [0.25, 0.3) is 16.5 Å². The molecule has 27 heavy (non-hydrogen) atoms. The lowest BCUT2D eigenvalue weighted by Gasteiger charge is -2.41. The molecule has 0 spiro atoms. The number of hydrogen-bond donors (Lipinski definition) is 2. The van der Waals surface area contributed by atoms with Crippen LogP contribution in [0.3, 0.4) is 0 Å². The van der Waals surface area contributed by atoms with E-state index in [0.717, 1.165) is 13.0 Å². The molecule has 2 nitrogen and oxygen atoms in total. The molecule has 5 rings (SSSR count). The van der Waals surface area contributed by atoms with E-state index in [1.54, 1.807) is 5.56 Å². The van der Waals surface area contributed by atoms with Crippen LogP contribution in [-0.4, -0.2) is 17.6 Å². The van der Waals surface area contributed by atoms with E-state index in [2.05, 4.69) is 84.8 Å². The van der Waals surface area contributed by atoms with Gasteiger partial charge in [-0.1, -0.05) is 68.5 Å². The minimum atomic E-state index is 0.546. The normalized spacial score (nSPS) is 28.0. The van der Waals surface area contributed by atoms with Crippen molar-refractivity contribution in [3.8, 4) is 0 Å². The van der Waals surface area contributed by atoms with Crippen LogP contribution in [0.15, 0.2) is 60.7 Å². The maximum Gasteiger partial charge on any atom is 0.0459 e. The van der Waals surface area contributed by atoms with Crippen molar-refractivity contribution >= 4 is 16.5 Å². The Morgan fingerprint density at radius 2 is 1.67 bits per heavy atom. The van der Waals surface area contributed by atoms with Gasteiger partial charge in [0.25, 0.3) is 0 Å². The summed E-state index contributed by atoms with van der Waals surface area (Å²) >= 11 is 0. The summed E-state index contributed by atoms with van der Waals surface area (Å²) in [4.78, 5) is 3.72. The lowest BCUT2D eigenvalue weighted by molar-refractivity contribution is 0.220. The van der Waals surface area contributed by atoms with Gasteiger partial charge in [-0.3, -0.25) is 0 Å². The molecule has 1 aliphatic carbocycles. The number of para-hydroxylation sites is 1. The van der Waals surface area contributed by atoms with Gasteiger partial charge in [0.05, 0.1) is 0 Å². The van der Waals surface area contributed by atoms with E-state index >= 15 is 0 Å². The Labute approximate surface area is 161 Å². The average molecular weight is 357 g/mol. The van der Waals surface area contributed by atoms with Gasteiger partial charge in [0.2, 0.25) is 0 Å². The molecule has 2 heterocycles. The first kappa shape index (κ1) is 16.8. The third-order valence-electron chi connectivity index (χ3n) is 7.04. The first-order chi connectivity index (χ1) is 13.2. The van der Waals surface area contributed by atoms with E-state index in [4.69, 9.17) is 0 Å². The van der Waals surface area contributed by atoms with E-state index in [9.17, 15) is 0 Å². The Hall–Kier alpha value is -2.32. The molecule has 3 aromatic rings. The molecule has 4 atom stereocenters. The summed E-state index contributed by atoms with van der Waals surface area (Å²) in [7, 11) is 0. The fourth-order valence-corrected chi connectivity index (χ4v) is 5.31. The minimum Gasteiger partial charge on any atom is -0.358 e. The standard InChI is InChI=1S/C25H28N2/c1-16-17(2)25-22(20-10-6-7-11-23(20)27-25)15-21(16)24-14-19(12-13-26-24)18-8-4-3-5-9-18/h3-12,16-17,21,24,26-27H,13-15H2,1-2H3. The number of rotatable bonds is 2. The third-order valence-corrected chi connectivity index (χ3v) is 7.04. The molecule has 1 aromatic heterocycles. The van der Waals surface area contributed by atoms with Crippen molar-refractivity contribution in [1.29, 1.82) is 0 Å². The highest BCUT2D eigenvalue weighted by molar-refractivity contribution is 5.85. The molecule has 2 aliphatic rings. The van der Waals surface area contributed by atoms with Crippen molar-refractivity contribution in [1.82, 2.24) is 10.3 Å². The molecule has 0 saturated heterocycles. The maximum atomic E-state index is 3.82. The van der Waals surface area contributed by atoms with Gasteiger partial charge in [0.1, 0.15) is 0 Å². The maximum absolute atomic E-state index is 3.82. The summed E-state index contributed by atoms with van der Waals surface area (Å²) in [5.74, 6) is 1.90. The van der Waals surface area contributed by atoms with E-state index in [0.29, 0.717) is 23.8 Å². The van der Waals surface area contributed by atoms with Gasteiger partial charge in [-0.25, -0.2) is 0 Å². The first-order valence-corrected chi connectivity index (χ1v) is 10.3. The summed E-state index contributed by atoms with van der Waals surface area (Å²) < 4.78 is 0. The van der Waals surface area contributed by atoms with E-state index in [-0.39, 0.29) is 0 Å². The second kappa shape index (κ2) is 6.69. The largest absolute Gasteiger partial charge is 0.358 e. The molecule has 2 N–H and O–H groups in total. The summed E-state index contributed by atoms with van der Waals surface area (Å²) in [6, 6.07) is 20.3. The number of benzene rings is 2. The molecule has 2 aromatic carbocycles. The number of nitrogens with one attached hydrogen (secondary N) is 2. The van der Waals surface area contributed by atoms with Crippen LogP contribution in [0, 0.1) is 11.8 Å². The lowest BCUT2D eigenvalue weighted by Crippen LogP contribution is -2.45. The lowest BCUT2D eigenvalue weighted by atomic mass is 9.68. The van der Waals surface area contributed by atoms with Crippen LogP contribution < -0.4 is 5.32 Å². The van der Waals surface area contributed by atoms with Gasteiger partial charge in [-0.2, -0.15) is 0 Å². The van der Waals surface area contributed by atoms with Crippen LogP contribution >= 0.6 is 0 Å². The Kier molecular flexibility index (Phi) is 4.17. The Morgan fingerprint density at radius 1 is 0.889 bits per heavy atom. The zero-order chi connectivity index (χ0) is 18.4. The Bertz CT molecular complexity index is 982. The molecule has 0 saturated carbocycles. The highest BCUT2D eigenvalue weighted by atomic mass is 14.9. The van der Waals surface area contributed by atoms with Gasteiger partial charge in [-0.15, -0.1) is 0 Å². The van der Waals surface area contributed by atoms with Crippen molar-refractivity contribution in [3.63, 3.8) is 0 Å². The molecule has 0 bridgehead atoms. The average Bonchev–Trinajstić information content (AvgIpc) is 3.10. The van der Waals surface area contributed by atoms with Crippen molar-refractivity contribution < 1.29 is 0 Å².